The molecule has 0 unspecified atom stereocenters. The lowest BCUT2D eigenvalue weighted by molar-refractivity contribution is -0.125. The minimum Gasteiger partial charge on any atom is -0.367 e. The van der Waals surface area contributed by atoms with E-state index in [1.807, 2.05) is 12.1 Å². The van der Waals surface area contributed by atoms with Crippen LogP contribution in [0.1, 0.15) is 27.9 Å². The summed E-state index contributed by atoms with van der Waals surface area (Å²) in [6, 6.07) is 22.5. The second-order valence-corrected chi connectivity index (χ2v) is 8.60. The topological polar surface area (TPSA) is 66.2 Å². The van der Waals surface area contributed by atoms with Crippen molar-refractivity contribution in [1.82, 2.24) is 15.6 Å². The van der Waals surface area contributed by atoms with Gasteiger partial charge in [0.05, 0.1) is 13.2 Å². The van der Waals surface area contributed by atoms with E-state index in [0.29, 0.717) is 0 Å². The van der Waals surface area contributed by atoms with E-state index in [-0.39, 0.29) is 31.5 Å². The van der Waals surface area contributed by atoms with E-state index >= 15 is 0 Å². The van der Waals surface area contributed by atoms with Crippen molar-refractivity contribution >= 4 is 16.8 Å². The molecule has 0 radical (unpaired) electrons. The smallest absolute Gasteiger partial charge is 0.246 e. The molecule has 184 valence electrons. The molecule has 4 rings (SSSR count). The number of hydrogen-bond acceptors (Lipinski definition) is 3. The number of amides is 1. The Hall–Kier alpha value is -3.92. The minimum atomic E-state index is -0.297. The van der Waals surface area contributed by atoms with Crippen LogP contribution in [0.4, 0.5) is 4.39 Å². The lowest BCUT2D eigenvalue weighted by Gasteiger charge is -2.06. The summed E-state index contributed by atoms with van der Waals surface area (Å²) >= 11 is 0. The summed E-state index contributed by atoms with van der Waals surface area (Å²) in [4.78, 5) is 15.3. The molecule has 1 aromatic heterocycles. The highest BCUT2D eigenvalue weighted by molar-refractivity contribution is 5.84. The van der Waals surface area contributed by atoms with Crippen LogP contribution in [0.5, 0.6) is 0 Å². The fraction of sp³-hybridized carbons (Fsp3) is 0.233. The fourth-order valence-electron chi connectivity index (χ4n) is 3.99. The van der Waals surface area contributed by atoms with Crippen LogP contribution < -0.4 is 10.6 Å². The SMILES string of the molecule is Cc1[nH]c2ccccc2c1CCNCc1ccc(C#CCNC(=O)COCc2ccc(F)cc2)cc1. The van der Waals surface area contributed by atoms with E-state index < -0.39 is 0 Å². The third-order valence-corrected chi connectivity index (χ3v) is 5.88. The standard InChI is InChI=1S/C30H30FN3O2/c1-22-27(28-6-2-3-7-29(28)34-22)16-18-32-19-24-10-8-23(9-11-24)5-4-17-33-30(35)21-36-20-25-12-14-26(31)15-13-25/h2-3,6-15,32,34H,16-21H2,1H3,(H,33,35). The van der Waals surface area contributed by atoms with Gasteiger partial charge >= 0.3 is 0 Å². The van der Waals surface area contributed by atoms with Crippen molar-refractivity contribution in [2.45, 2.75) is 26.5 Å². The molecule has 1 heterocycles. The number of aromatic nitrogens is 1. The molecule has 5 nitrogen and oxygen atoms in total. The predicted molar refractivity (Wildman–Crippen MR) is 141 cm³/mol. The zero-order valence-corrected chi connectivity index (χ0v) is 20.4. The summed E-state index contributed by atoms with van der Waals surface area (Å²) in [7, 11) is 0. The van der Waals surface area contributed by atoms with Gasteiger partial charge in [0.1, 0.15) is 12.4 Å². The summed E-state index contributed by atoms with van der Waals surface area (Å²) in [6.45, 7) is 4.25. The molecule has 0 aliphatic heterocycles. The molecule has 6 heteroatoms. The van der Waals surface area contributed by atoms with Gasteiger partial charge in [-0.15, -0.1) is 0 Å². The van der Waals surface area contributed by atoms with E-state index in [4.69, 9.17) is 4.74 Å². The lowest BCUT2D eigenvalue weighted by atomic mass is 10.1. The zero-order valence-electron chi connectivity index (χ0n) is 20.4. The van der Waals surface area contributed by atoms with Crippen LogP contribution in [-0.2, 0) is 29.1 Å². The number of carbonyl (C=O) groups excluding carboxylic acids is 1. The molecule has 0 saturated carbocycles. The van der Waals surface area contributed by atoms with Crippen LogP contribution in [0.2, 0.25) is 0 Å². The molecule has 1 amide bonds. The van der Waals surface area contributed by atoms with Gasteiger partial charge in [0.2, 0.25) is 5.91 Å². The second-order valence-electron chi connectivity index (χ2n) is 8.60. The summed E-state index contributed by atoms with van der Waals surface area (Å²) < 4.78 is 18.2. The van der Waals surface area contributed by atoms with Crippen molar-refractivity contribution in [2.75, 3.05) is 19.7 Å². The van der Waals surface area contributed by atoms with Crippen LogP contribution in [0.15, 0.2) is 72.8 Å². The Balaban J connectivity index is 1.13. The number of nitrogens with one attached hydrogen (secondary N) is 3. The maximum absolute atomic E-state index is 12.9. The molecule has 0 fully saturated rings. The number of hydrogen-bond donors (Lipinski definition) is 3. The van der Waals surface area contributed by atoms with Gasteiger partial charge in [-0.05, 0) is 66.9 Å². The number of halogens is 1. The van der Waals surface area contributed by atoms with Crippen molar-refractivity contribution in [3.8, 4) is 11.8 Å². The molecule has 0 aliphatic rings. The number of rotatable bonds is 10. The van der Waals surface area contributed by atoms with Crippen molar-refractivity contribution in [1.29, 1.82) is 0 Å². The average Bonchev–Trinajstić information content (AvgIpc) is 3.21. The van der Waals surface area contributed by atoms with Crippen molar-refractivity contribution in [3.05, 3.63) is 107 Å². The maximum Gasteiger partial charge on any atom is 0.246 e. The number of ether oxygens (including phenoxy) is 1. The minimum absolute atomic E-state index is 0.0688. The van der Waals surface area contributed by atoms with E-state index in [0.717, 1.165) is 30.6 Å². The summed E-state index contributed by atoms with van der Waals surface area (Å²) in [5.41, 5.74) is 6.70. The van der Waals surface area contributed by atoms with Crippen LogP contribution in [0.25, 0.3) is 10.9 Å². The Morgan fingerprint density at radius 2 is 1.75 bits per heavy atom. The highest BCUT2D eigenvalue weighted by Crippen LogP contribution is 2.21. The number of aryl methyl sites for hydroxylation is 1. The van der Waals surface area contributed by atoms with E-state index in [1.54, 1.807) is 12.1 Å². The Labute approximate surface area is 211 Å². The fourth-order valence-corrected chi connectivity index (χ4v) is 3.99. The van der Waals surface area contributed by atoms with Crippen molar-refractivity contribution < 1.29 is 13.9 Å². The lowest BCUT2D eigenvalue weighted by Crippen LogP contribution is -2.27. The van der Waals surface area contributed by atoms with Gasteiger partial charge in [-0.1, -0.05) is 54.3 Å². The Bertz CT molecular complexity index is 1350. The van der Waals surface area contributed by atoms with E-state index in [9.17, 15) is 9.18 Å². The van der Waals surface area contributed by atoms with Crippen LogP contribution >= 0.6 is 0 Å². The number of fused-ring (bicyclic) bond motifs is 1. The quantitative estimate of drug-likeness (QED) is 0.228. The normalized spacial score (nSPS) is 10.7. The maximum atomic E-state index is 12.9. The number of aromatic amines is 1. The van der Waals surface area contributed by atoms with Crippen LogP contribution in [0.3, 0.4) is 0 Å². The van der Waals surface area contributed by atoms with Gasteiger partial charge in [0.15, 0.2) is 0 Å². The molecule has 3 N–H and O–H groups in total. The second kappa shape index (κ2) is 12.7. The molecule has 0 atom stereocenters. The Morgan fingerprint density at radius 3 is 2.56 bits per heavy atom. The van der Waals surface area contributed by atoms with Crippen molar-refractivity contribution in [2.24, 2.45) is 0 Å². The summed E-state index contributed by atoms with van der Waals surface area (Å²) in [5, 5.41) is 7.53. The average molecular weight is 484 g/mol. The molecule has 4 aromatic rings. The number of carbonyl (C=O) groups is 1. The highest BCUT2D eigenvalue weighted by Gasteiger charge is 2.07. The van der Waals surface area contributed by atoms with Crippen molar-refractivity contribution in [3.63, 3.8) is 0 Å². The summed E-state index contributed by atoms with van der Waals surface area (Å²) in [5.74, 6) is 5.48. The molecular formula is C30H30FN3O2. The van der Waals surface area contributed by atoms with Crippen LogP contribution in [-0.4, -0.2) is 30.6 Å². The molecular weight excluding hydrogens is 453 g/mol. The highest BCUT2D eigenvalue weighted by atomic mass is 19.1. The monoisotopic (exact) mass is 483 g/mol. The van der Waals surface area contributed by atoms with Crippen LogP contribution in [0, 0.1) is 24.6 Å². The predicted octanol–water partition coefficient (Wildman–Crippen LogP) is 4.63. The van der Waals surface area contributed by atoms with Gasteiger partial charge in [-0.3, -0.25) is 4.79 Å². The van der Waals surface area contributed by atoms with E-state index in [2.05, 4.69) is 70.8 Å². The molecule has 0 saturated heterocycles. The van der Waals surface area contributed by atoms with Gasteiger partial charge in [0.25, 0.3) is 0 Å². The van der Waals surface area contributed by atoms with Gasteiger partial charge in [-0.25, -0.2) is 4.39 Å². The van der Waals surface area contributed by atoms with E-state index in [1.165, 1.54) is 39.9 Å². The summed E-state index contributed by atoms with van der Waals surface area (Å²) in [6.07, 6.45) is 0.975. The molecule has 0 aliphatic carbocycles. The third-order valence-electron chi connectivity index (χ3n) is 5.88. The first-order valence-corrected chi connectivity index (χ1v) is 12.0. The third kappa shape index (κ3) is 7.29. The first-order valence-electron chi connectivity index (χ1n) is 12.0. The Kier molecular flexibility index (Phi) is 8.87. The first kappa shape index (κ1) is 25.2. The number of benzene rings is 3. The van der Waals surface area contributed by atoms with Gasteiger partial charge in [-0.2, -0.15) is 0 Å². The zero-order chi connectivity index (χ0) is 25.2. The van der Waals surface area contributed by atoms with Gasteiger partial charge in [0, 0.05) is 28.7 Å². The first-order chi connectivity index (χ1) is 17.6. The number of H-pyrrole nitrogens is 1. The molecule has 0 bridgehead atoms. The van der Waals surface area contributed by atoms with Gasteiger partial charge < -0.3 is 20.4 Å². The molecule has 3 aromatic carbocycles. The molecule has 36 heavy (non-hydrogen) atoms. The Morgan fingerprint density at radius 1 is 1.00 bits per heavy atom. The number of para-hydroxylation sites is 1. The largest absolute Gasteiger partial charge is 0.367 e. The molecule has 0 spiro atoms.